The van der Waals surface area contributed by atoms with E-state index in [9.17, 15) is 4.39 Å². The van der Waals surface area contributed by atoms with Crippen LogP contribution in [-0.2, 0) is 0 Å². The third-order valence-corrected chi connectivity index (χ3v) is 1.79. The maximum atomic E-state index is 13.2. The van der Waals surface area contributed by atoms with Crippen LogP contribution in [0.5, 0.6) is 0 Å². The molecular weight excluding hydrogens is 169 g/mol. The molecule has 0 heterocycles. The number of benzene rings is 1. The molecule has 0 aliphatic rings. The van der Waals surface area contributed by atoms with Crippen LogP contribution in [0.4, 0.5) is 10.1 Å². The second-order valence-corrected chi connectivity index (χ2v) is 2.82. The van der Waals surface area contributed by atoms with Crippen LogP contribution in [0, 0.1) is 12.7 Å². The highest BCUT2D eigenvalue weighted by Crippen LogP contribution is 2.18. The summed E-state index contributed by atoms with van der Waals surface area (Å²) in [5.41, 5.74) is 7.27. The number of aliphatic hydroxyl groups is 1. The molecule has 2 nitrogen and oxygen atoms in total. The first-order valence-electron chi connectivity index (χ1n) is 3.98. The lowest BCUT2D eigenvalue weighted by Crippen LogP contribution is -1.93. The molecule has 1 rings (SSSR count). The third kappa shape index (κ3) is 2.29. The third-order valence-electron chi connectivity index (χ3n) is 1.79. The Hall–Kier alpha value is -1.35. The number of halogens is 1. The largest absolute Gasteiger partial charge is 0.398 e. The van der Waals surface area contributed by atoms with Crippen molar-refractivity contribution >= 4 is 11.8 Å². The fraction of sp³-hybridized carbons (Fsp3) is 0.200. The number of anilines is 1. The molecule has 0 aliphatic heterocycles. The highest BCUT2D eigenvalue weighted by atomic mass is 19.1. The number of aryl methyl sites for hydroxylation is 1. The van der Waals surface area contributed by atoms with Gasteiger partial charge in [-0.15, -0.1) is 0 Å². The molecule has 70 valence electrons. The zero-order valence-electron chi connectivity index (χ0n) is 7.42. The van der Waals surface area contributed by atoms with Crippen LogP contribution in [0.15, 0.2) is 18.2 Å². The first-order chi connectivity index (χ1) is 6.15. The summed E-state index contributed by atoms with van der Waals surface area (Å²) in [5.74, 6) is -0.323. The van der Waals surface area contributed by atoms with Crippen LogP contribution in [0.25, 0.3) is 6.08 Å². The molecule has 1 aromatic carbocycles. The van der Waals surface area contributed by atoms with E-state index in [0.29, 0.717) is 11.3 Å². The van der Waals surface area contributed by atoms with Gasteiger partial charge in [0.15, 0.2) is 0 Å². The highest BCUT2D eigenvalue weighted by molar-refractivity contribution is 5.59. The van der Waals surface area contributed by atoms with Crippen molar-refractivity contribution in [2.45, 2.75) is 6.92 Å². The number of rotatable bonds is 2. The Morgan fingerprint density at radius 3 is 2.85 bits per heavy atom. The van der Waals surface area contributed by atoms with Crippen molar-refractivity contribution in [3.63, 3.8) is 0 Å². The molecule has 0 radical (unpaired) electrons. The Morgan fingerprint density at radius 2 is 2.23 bits per heavy atom. The summed E-state index contributed by atoms with van der Waals surface area (Å²) in [5, 5.41) is 8.50. The van der Waals surface area contributed by atoms with Crippen molar-refractivity contribution in [3.05, 3.63) is 35.2 Å². The molecule has 3 heteroatoms. The van der Waals surface area contributed by atoms with E-state index in [4.69, 9.17) is 10.8 Å². The maximum Gasteiger partial charge on any atom is 0.130 e. The average molecular weight is 181 g/mol. The number of nitrogens with two attached hydrogens (primary N) is 1. The second-order valence-electron chi connectivity index (χ2n) is 2.82. The maximum absolute atomic E-state index is 13.2. The molecule has 0 saturated heterocycles. The summed E-state index contributed by atoms with van der Waals surface area (Å²) >= 11 is 0. The van der Waals surface area contributed by atoms with Gasteiger partial charge in [0.1, 0.15) is 5.82 Å². The van der Waals surface area contributed by atoms with Crippen LogP contribution >= 0.6 is 0 Å². The Kier molecular flexibility index (Phi) is 3.03. The van der Waals surface area contributed by atoms with Gasteiger partial charge in [0, 0.05) is 11.3 Å². The molecule has 0 atom stereocenters. The molecule has 3 N–H and O–H groups in total. The highest BCUT2D eigenvalue weighted by Gasteiger charge is 2.01. The van der Waals surface area contributed by atoms with E-state index in [1.807, 2.05) is 0 Å². The fourth-order valence-electron chi connectivity index (χ4n) is 1.01. The normalized spacial score (nSPS) is 11.0. The Labute approximate surface area is 76.5 Å². The van der Waals surface area contributed by atoms with Gasteiger partial charge in [-0.1, -0.05) is 12.2 Å². The molecule has 0 unspecified atom stereocenters. The predicted molar refractivity (Wildman–Crippen MR) is 51.7 cm³/mol. The summed E-state index contributed by atoms with van der Waals surface area (Å²) in [6, 6.07) is 2.93. The molecule has 0 saturated carbocycles. The minimum Gasteiger partial charge on any atom is -0.398 e. The van der Waals surface area contributed by atoms with E-state index >= 15 is 0 Å². The Bertz CT molecular complexity index is 334. The van der Waals surface area contributed by atoms with E-state index in [1.165, 1.54) is 18.2 Å². The number of hydrogen-bond donors (Lipinski definition) is 2. The van der Waals surface area contributed by atoms with Crippen LogP contribution in [0.1, 0.15) is 11.1 Å². The van der Waals surface area contributed by atoms with Gasteiger partial charge in [-0.05, 0) is 24.6 Å². The van der Waals surface area contributed by atoms with E-state index in [-0.39, 0.29) is 12.4 Å². The predicted octanol–water partition coefficient (Wildman–Crippen LogP) is 1.72. The molecule has 0 amide bonds. The zero-order valence-corrected chi connectivity index (χ0v) is 7.42. The van der Waals surface area contributed by atoms with Crippen molar-refractivity contribution in [3.8, 4) is 0 Å². The van der Waals surface area contributed by atoms with E-state index in [1.54, 1.807) is 13.0 Å². The molecule has 0 fully saturated rings. The van der Waals surface area contributed by atoms with Crippen LogP contribution < -0.4 is 5.73 Å². The van der Waals surface area contributed by atoms with E-state index in [2.05, 4.69) is 0 Å². The van der Waals surface area contributed by atoms with Gasteiger partial charge in [0.05, 0.1) is 6.61 Å². The van der Waals surface area contributed by atoms with Gasteiger partial charge >= 0.3 is 0 Å². The molecule has 0 spiro atoms. The standard InChI is InChI=1S/C10H12FNO/c1-7-5-9(11)8(3-2-4-13)6-10(7)12/h2-3,5-6,13H,4,12H2,1H3. The van der Waals surface area contributed by atoms with Crippen LogP contribution in [0.3, 0.4) is 0 Å². The quantitative estimate of drug-likeness (QED) is 0.682. The molecular formula is C10H12FNO. The fourth-order valence-corrected chi connectivity index (χ4v) is 1.01. The summed E-state index contributed by atoms with van der Waals surface area (Å²) in [6.45, 7) is 1.64. The lowest BCUT2D eigenvalue weighted by Gasteiger charge is -2.02. The Balaban J connectivity index is 3.08. The second kappa shape index (κ2) is 4.05. The first kappa shape index (κ1) is 9.74. The average Bonchev–Trinajstić information content (AvgIpc) is 2.09. The smallest absolute Gasteiger partial charge is 0.130 e. The lowest BCUT2D eigenvalue weighted by atomic mass is 10.1. The molecule has 1 aromatic rings. The van der Waals surface area contributed by atoms with Crippen molar-refractivity contribution in [2.75, 3.05) is 12.3 Å². The first-order valence-corrected chi connectivity index (χ1v) is 3.98. The van der Waals surface area contributed by atoms with Crippen molar-refractivity contribution in [1.29, 1.82) is 0 Å². The molecule has 0 aliphatic carbocycles. The van der Waals surface area contributed by atoms with Crippen molar-refractivity contribution < 1.29 is 9.50 Å². The van der Waals surface area contributed by atoms with Crippen LogP contribution in [-0.4, -0.2) is 11.7 Å². The molecule has 0 bridgehead atoms. The molecule has 0 aromatic heterocycles. The monoisotopic (exact) mass is 181 g/mol. The minimum atomic E-state index is -0.323. The van der Waals surface area contributed by atoms with Crippen molar-refractivity contribution in [1.82, 2.24) is 0 Å². The topological polar surface area (TPSA) is 46.2 Å². The van der Waals surface area contributed by atoms with E-state index in [0.717, 1.165) is 5.56 Å². The summed E-state index contributed by atoms with van der Waals surface area (Å²) in [4.78, 5) is 0. The lowest BCUT2D eigenvalue weighted by molar-refractivity contribution is 0.343. The van der Waals surface area contributed by atoms with Gasteiger partial charge in [-0.2, -0.15) is 0 Å². The summed E-state index contributed by atoms with van der Waals surface area (Å²) < 4.78 is 13.2. The van der Waals surface area contributed by atoms with Crippen LogP contribution in [0.2, 0.25) is 0 Å². The summed E-state index contributed by atoms with van der Waals surface area (Å²) in [7, 11) is 0. The van der Waals surface area contributed by atoms with Gasteiger partial charge in [0.25, 0.3) is 0 Å². The SMILES string of the molecule is Cc1cc(F)c(C=CCO)cc1N. The number of nitrogen functional groups attached to an aromatic ring is 1. The minimum absolute atomic E-state index is 0.104. The van der Waals surface area contributed by atoms with Gasteiger partial charge in [-0.3, -0.25) is 0 Å². The van der Waals surface area contributed by atoms with Gasteiger partial charge in [0.2, 0.25) is 0 Å². The van der Waals surface area contributed by atoms with Gasteiger partial charge in [-0.25, -0.2) is 4.39 Å². The Morgan fingerprint density at radius 1 is 1.54 bits per heavy atom. The zero-order chi connectivity index (χ0) is 9.84. The summed E-state index contributed by atoms with van der Waals surface area (Å²) in [6.07, 6.45) is 2.97. The molecule has 13 heavy (non-hydrogen) atoms. The van der Waals surface area contributed by atoms with Crippen molar-refractivity contribution in [2.24, 2.45) is 0 Å². The van der Waals surface area contributed by atoms with E-state index < -0.39 is 0 Å². The number of hydrogen-bond acceptors (Lipinski definition) is 2. The number of aliphatic hydroxyl groups excluding tert-OH is 1. The van der Waals surface area contributed by atoms with Gasteiger partial charge < -0.3 is 10.8 Å².